The number of carboxylic acid groups (broad SMARTS) is 2. The van der Waals surface area contributed by atoms with Crippen LogP contribution in [0.15, 0.2) is 30.5 Å². The summed E-state index contributed by atoms with van der Waals surface area (Å²) in [6.45, 7) is 5.09. The maximum Gasteiger partial charge on any atom is 0.326 e. The van der Waals surface area contributed by atoms with Gasteiger partial charge in [0.25, 0.3) is 0 Å². The van der Waals surface area contributed by atoms with Crippen molar-refractivity contribution in [1.82, 2.24) is 20.9 Å². The van der Waals surface area contributed by atoms with Crippen molar-refractivity contribution in [1.29, 1.82) is 0 Å². The molecule has 0 aliphatic carbocycles. The van der Waals surface area contributed by atoms with Gasteiger partial charge in [-0.25, -0.2) is 4.79 Å². The number of aromatic amines is 1. The number of carbonyl (C=O) groups is 5. The molecule has 1 aromatic heterocycles. The van der Waals surface area contributed by atoms with E-state index in [1.807, 2.05) is 38.1 Å². The van der Waals surface area contributed by atoms with Crippen molar-refractivity contribution in [2.24, 2.45) is 11.7 Å². The minimum Gasteiger partial charge on any atom is -0.481 e. The Balaban J connectivity index is 2.17. The highest BCUT2D eigenvalue weighted by molar-refractivity contribution is 5.94. The maximum atomic E-state index is 13.2. The minimum atomic E-state index is -1.43. The molecule has 5 unspecified atom stereocenters. The number of para-hydroxylation sites is 1. The fourth-order valence-corrected chi connectivity index (χ4v) is 3.71. The standard InChI is InChI=1S/C25H35N5O7/c1-4-13(2)21(26)24(35)30-19(11-15-12-27-17-8-6-5-7-16(15)17)23(34)28-14(3)22(33)29-18(25(36)37)9-10-20(31)32/h5-8,12-14,18-19,21,27H,4,9-11,26H2,1-3H3,(H,28,34)(H,29,33)(H,30,35)(H,31,32)(H,36,37). The minimum absolute atomic E-state index is 0.111. The van der Waals surface area contributed by atoms with Gasteiger partial charge in [-0.05, 0) is 30.9 Å². The number of hydrogen-bond acceptors (Lipinski definition) is 6. The summed E-state index contributed by atoms with van der Waals surface area (Å²) in [4.78, 5) is 63.8. The van der Waals surface area contributed by atoms with Crippen LogP contribution in [0.1, 0.15) is 45.6 Å². The van der Waals surface area contributed by atoms with Crippen LogP contribution in [0, 0.1) is 5.92 Å². The number of rotatable bonds is 14. The molecule has 2 rings (SSSR count). The summed E-state index contributed by atoms with van der Waals surface area (Å²) in [6.07, 6.45) is 1.75. The van der Waals surface area contributed by atoms with Crippen molar-refractivity contribution in [3.05, 3.63) is 36.0 Å². The van der Waals surface area contributed by atoms with Gasteiger partial charge in [-0.2, -0.15) is 0 Å². The number of aliphatic carboxylic acids is 2. The Labute approximate surface area is 214 Å². The van der Waals surface area contributed by atoms with E-state index in [-0.39, 0.29) is 18.8 Å². The monoisotopic (exact) mass is 517 g/mol. The molecule has 0 aliphatic heterocycles. The van der Waals surface area contributed by atoms with Crippen molar-refractivity contribution in [2.45, 2.75) is 70.6 Å². The normalized spacial score (nSPS) is 15.1. The molecule has 0 fully saturated rings. The van der Waals surface area contributed by atoms with Gasteiger partial charge < -0.3 is 36.9 Å². The third-order valence-corrected chi connectivity index (χ3v) is 6.31. The molecule has 3 amide bonds. The van der Waals surface area contributed by atoms with E-state index in [9.17, 15) is 29.1 Å². The average Bonchev–Trinajstić information content (AvgIpc) is 3.27. The summed E-state index contributed by atoms with van der Waals surface area (Å²) >= 11 is 0. The molecule has 37 heavy (non-hydrogen) atoms. The van der Waals surface area contributed by atoms with E-state index in [1.165, 1.54) is 6.92 Å². The SMILES string of the molecule is CCC(C)C(N)C(=O)NC(Cc1c[nH]c2ccccc12)C(=O)NC(C)C(=O)NC(CCC(=O)O)C(=O)O. The maximum absolute atomic E-state index is 13.2. The molecule has 1 heterocycles. The molecule has 12 heteroatoms. The molecule has 0 spiro atoms. The van der Waals surface area contributed by atoms with E-state index in [0.29, 0.717) is 6.42 Å². The molecule has 12 nitrogen and oxygen atoms in total. The molecule has 0 saturated carbocycles. The van der Waals surface area contributed by atoms with Crippen LogP contribution in [0.3, 0.4) is 0 Å². The van der Waals surface area contributed by atoms with Gasteiger partial charge in [0.05, 0.1) is 6.04 Å². The Hall–Kier alpha value is -3.93. The van der Waals surface area contributed by atoms with Crippen LogP contribution >= 0.6 is 0 Å². The molecule has 8 N–H and O–H groups in total. The molecule has 2 aromatic rings. The van der Waals surface area contributed by atoms with Crippen molar-refractivity contribution in [3.8, 4) is 0 Å². The number of carboxylic acids is 2. The number of hydrogen-bond donors (Lipinski definition) is 7. The Kier molecular flexibility index (Phi) is 10.6. The lowest BCUT2D eigenvalue weighted by molar-refractivity contribution is -0.143. The second-order valence-electron chi connectivity index (χ2n) is 9.10. The van der Waals surface area contributed by atoms with Gasteiger partial charge in [0.1, 0.15) is 18.1 Å². The summed E-state index contributed by atoms with van der Waals surface area (Å²) in [6, 6.07) is 2.96. The quantitative estimate of drug-likeness (QED) is 0.188. The van der Waals surface area contributed by atoms with E-state index in [4.69, 9.17) is 10.8 Å². The first-order chi connectivity index (χ1) is 17.4. The first kappa shape index (κ1) is 29.3. The van der Waals surface area contributed by atoms with E-state index in [1.54, 1.807) is 6.20 Å². The van der Waals surface area contributed by atoms with Gasteiger partial charge in [0.15, 0.2) is 0 Å². The highest BCUT2D eigenvalue weighted by Gasteiger charge is 2.30. The summed E-state index contributed by atoms with van der Waals surface area (Å²) in [7, 11) is 0. The van der Waals surface area contributed by atoms with Crippen molar-refractivity contribution in [3.63, 3.8) is 0 Å². The van der Waals surface area contributed by atoms with E-state index in [0.717, 1.165) is 16.5 Å². The van der Waals surface area contributed by atoms with Crippen LogP contribution in [-0.2, 0) is 30.4 Å². The number of amides is 3. The first-order valence-electron chi connectivity index (χ1n) is 12.1. The number of benzene rings is 1. The van der Waals surface area contributed by atoms with Gasteiger partial charge in [0.2, 0.25) is 17.7 Å². The number of carbonyl (C=O) groups excluding carboxylic acids is 3. The van der Waals surface area contributed by atoms with Crippen molar-refractivity contribution in [2.75, 3.05) is 0 Å². The summed E-state index contributed by atoms with van der Waals surface area (Å²) < 4.78 is 0. The second-order valence-corrected chi connectivity index (χ2v) is 9.10. The third-order valence-electron chi connectivity index (χ3n) is 6.31. The predicted molar refractivity (Wildman–Crippen MR) is 135 cm³/mol. The highest BCUT2D eigenvalue weighted by Crippen LogP contribution is 2.19. The fourth-order valence-electron chi connectivity index (χ4n) is 3.71. The van der Waals surface area contributed by atoms with Crippen molar-refractivity contribution >= 4 is 40.6 Å². The lowest BCUT2D eigenvalue weighted by atomic mass is 9.98. The molecule has 0 aliphatic rings. The van der Waals surface area contributed by atoms with Crippen LogP contribution in [0.2, 0.25) is 0 Å². The molecule has 5 atom stereocenters. The van der Waals surface area contributed by atoms with Gasteiger partial charge in [-0.3, -0.25) is 19.2 Å². The molecule has 0 radical (unpaired) electrons. The number of H-pyrrole nitrogens is 1. The highest BCUT2D eigenvalue weighted by atomic mass is 16.4. The van der Waals surface area contributed by atoms with Crippen LogP contribution < -0.4 is 21.7 Å². The molecular weight excluding hydrogens is 482 g/mol. The van der Waals surface area contributed by atoms with Crippen LogP contribution in [0.25, 0.3) is 10.9 Å². The lowest BCUT2D eigenvalue weighted by Gasteiger charge is -2.25. The van der Waals surface area contributed by atoms with Crippen LogP contribution in [0.4, 0.5) is 0 Å². The number of nitrogens with two attached hydrogens (primary N) is 1. The summed E-state index contributed by atoms with van der Waals surface area (Å²) in [5.74, 6) is -4.69. The predicted octanol–water partition coefficient (Wildman–Crippen LogP) is 0.508. The largest absolute Gasteiger partial charge is 0.481 e. The number of nitrogens with one attached hydrogen (secondary N) is 4. The summed E-state index contributed by atoms with van der Waals surface area (Å²) in [5, 5.41) is 26.4. The van der Waals surface area contributed by atoms with Crippen LogP contribution in [0.5, 0.6) is 0 Å². The second kappa shape index (κ2) is 13.4. The van der Waals surface area contributed by atoms with E-state index >= 15 is 0 Å². The number of aromatic nitrogens is 1. The molecule has 0 bridgehead atoms. The topological polar surface area (TPSA) is 204 Å². The zero-order valence-electron chi connectivity index (χ0n) is 21.1. The van der Waals surface area contributed by atoms with E-state index in [2.05, 4.69) is 20.9 Å². The Bertz CT molecular complexity index is 1130. The molecule has 202 valence electrons. The Morgan fingerprint density at radius 2 is 1.59 bits per heavy atom. The average molecular weight is 518 g/mol. The number of fused-ring (bicyclic) bond motifs is 1. The van der Waals surface area contributed by atoms with Gasteiger partial charge in [-0.1, -0.05) is 38.5 Å². The lowest BCUT2D eigenvalue weighted by Crippen LogP contribution is -2.57. The van der Waals surface area contributed by atoms with E-state index < -0.39 is 60.2 Å². The molecule has 0 saturated heterocycles. The smallest absolute Gasteiger partial charge is 0.326 e. The Morgan fingerprint density at radius 3 is 2.22 bits per heavy atom. The molecule has 1 aromatic carbocycles. The fraction of sp³-hybridized carbons (Fsp3) is 0.480. The summed E-state index contributed by atoms with van der Waals surface area (Å²) in [5.41, 5.74) is 7.68. The zero-order valence-corrected chi connectivity index (χ0v) is 21.1. The van der Waals surface area contributed by atoms with Gasteiger partial charge in [-0.15, -0.1) is 0 Å². The van der Waals surface area contributed by atoms with Crippen LogP contribution in [-0.4, -0.2) is 69.0 Å². The van der Waals surface area contributed by atoms with Crippen molar-refractivity contribution < 1.29 is 34.2 Å². The third kappa shape index (κ3) is 8.31. The molecular formula is C25H35N5O7. The first-order valence-corrected chi connectivity index (χ1v) is 12.1. The zero-order chi connectivity index (χ0) is 27.7. The van der Waals surface area contributed by atoms with Gasteiger partial charge >= 0.3 is 11.9 Å². The Morgan fingerprint density at radius 1 is 0.946 bits per heavy atom. The van der Waals surface area contributed by atoms with Gasteiger partial charge in [0, 0.05) is 29.9 Å².